The Labute approximate surface area is 612 Å². The van der Waals surface area contributed by atoms with Crippen molar-refractivity contribution in [3.05, 3.63) is 225 Å². The number of hydrogen-bond acceptors (Lipinski definition) is 24. The molecular weight excluding hydrogens is 1420 g/mol. The van der Waals surface area contributed by atoms with Gasteiger partial charge in [0, 0.05) is 52.6 Å². The molecule has 16 rings (SSSR count). The van der Waals surface area contributed by atoms with E-state index < -0.39 is 29.7 Å². The number of nitrogens with two attached hydrogens (primary N) is 1. The lowest BCUT2D eigenvalue weighted by molar-refractivity contribution is -0.385. The molecule has 8 aromatic carbocycles. The molecule has 544 valence electrons. The number of nitro groups is 2. The summed E-state index contributed by atoms with van der Waals surface area (Å²) in [7, 11) is -1.30. The third kappa shape index (κ3) is 18.7. The Morgan fingerprint density at radius 3 is 1.20 bits per heavy atom. The predicted molar refractivity (Wildman–Crippen MR) is 399 cm³/mol. The fourth-order valence-corrected chi connectivity index (χ4v) is 10.5. The number of oxazole rings is 5. The number of aryl methyl sites for hydroxylation is 3. The number of aromatic nitrogens is 5. The SMILES string of the molecule is Brc1ccc2ocnc2c1.CC1(C)OB(B2OC(C)(C)C(C)(C)O2)OC1(C)C.CC1(C)OB(c2ccc3ocnc3c2)OC1(C)C.Cc1cc(N)ccc1Oc1ccc2ocnc2c1.Cc1cc([N+](=O)[O-])ccc1F.Cc1cc([N+](=O)[O-])ccc1Oc1ccc2ocnc2c1.Oc1ccc2ocnc2c1. The van der Waals surface area contributed by atoms with Crippen LogP contribution in [0.1, 0.15) is 99.8 Å². The molecule has 0 aliphatic carbocycles. The van der Waals surface area contributed by atoms with Gasteiger partial charge in [-0.25, -0.2) is 29.3 Å². The van der Waals surface area contributed by atoms with Crippen LogP contribution in [0.25, 0.3) is 55.5 Å². The van der Waals surface area contributed by atoms with E-state index >= 15 is 0 Å². The second-order valence-corrected chi connectivity index (χ2v) is 28.4. The van der Waals surface area contributed by atoms with Crippen LogP contribution in [0.15, 0.2) is 204 Å². The number of phenolic OH excluding ortho intramolecular Hbond substituents is 1. The fourth-order valence-electron chi connectivity index (χ4n) is 10.1. The molecule has 13 aromatic rings. The zero-order valence-electron chi connectivity index (χ0n) is 60.3. The average Bonchev–Trinajstić information content (AvgIpc) is 1.60. The number of halogens is 2. The Hall–Kier alpha value is -10.5. The molecule has 3 N–H and O–H groups in total. The molecule has 31 heteroatoms. The topological polar surface area (TPSA) is 337 Å². The highest BCUT2D eigenvalue weighted by atomic mass is 79.9. The van der Waals surface area contributed by atoms with Gasteiger partial charge >= 0.3 is 21.1 Å². The van der Waals surface area contributed by atoms with E-state index in [2.05, 4.69) is 40.8 Å². The van der Waals surface area contributed by atoms with Crippen molar-refractivity contribution in [1.82, 2.24) is 24.9 Å². The maximum absolute atomic E-state index is 12.5. The van der Waals surface area contributed by atoms with Crippen LogP contribution in [0, 0.1) is 46.8 Å². The molecule has 0 radical (unpaired) electrons. The molecule has 8 heterocycles. The Kier molecular flexibility index (Phi) is 23.1. The summed E-state index contributed by atoms with van der Waals surface area (Å²) in [6, 6.07) is 40.6. The summed E-state index contributed by atoms with van der Waals surface area (Å²) in [4.78, 5) is 40.0. The van der Waals surface area contributed by atoms with Crippen LogP contribution in [0.5, 0.6) is 28.7 Å². The lowest BCUT2D eigenvalue weighted by Crippen LogP contribution is -2.41. The minimum atomic E-state index is -0.549. The van der Waals surface area contributed by atoms with Crippen molar-refractivity contribution >= 4 is 115 Å². The second kappa shape index (κ2) is 31.4. The van der Waals surface area contributed by atoms with E-state index in [1.807, 2.05) is 163 Å². The van der Waals surface area contributed by atoms with E-state index in [0.29, 0.717) is 44.8 Å². The Morgan fingerprint density at radius 1 is 0.429 bits per heavy atom. The summed E-state index contributed by atoms with van der Waals surface area (Å²) >= 11 is 3.34. The molecule has 5 aromatic heterocycles. The molecule has 3 aliphatic heterocycles. The van der Waals surface area contributed by atoms with Gasteiger partial charge < -0.3 is 70.3 Å². The van der Waals surface area contributed by atoms with Crippen molar-refractivity contribution < 1.29 is 78.8 Å². The van der Waals surface area contributed by atoms with Gasteiger partial charge in [0.15, 0.2) is 59.9 Å². The van der Waals surface area contributed by atoms with Gasteiger partial charge in [-0.15, -0.1) is 0 Å². The standard InChI is InChI=1S/C14H10N2O4.C14H12N2O2.C13H16BNO3.C12H24B2O4.C7H4BrNO.C7H6FNO2.C7H5NO2/c1-9-6-10(16(17)18)2-4-13(9)20-11-3-5-14-12(7-11)15-8-19-14;1-9-6-10(15)2-4-13(9)18-11-3-5-14-12(7-11)16-8-17-14;1-12(2)13(3,4)18-14(17-12)9-5-6-11-10(7-9)15-8-16-11;1-9(2)10(3,4)16-13(15-9)14-17-11(5,6)12(7,8)18-14;8-5-1-2-7-6(3-5)9-4-10-7;1-5-4-6(9(10)11)2-3-7(5)8;9-5-1-2-7-6(3-5)8-4-10-7/h2-8H,1H3;2-8H,15H2,1H3;5-8H,1-4H3;1-8H3;1-4H;2-4H,1H3;1-4,9H. The number of nitrogen functional groups attached to an aromatic ring is 1. The Balaban J connectivity index is 0.000000133. The summed E-state index contributed by atoms with van der Waals surface area (Å²) in [5.41, 5.74) is 14.8. The van der Waals surface area contributed by atoms with Crippen LogP contribution in [-0.4, -0.2) is 94.6 Å². The van der Waals surface area contributed by atoms with Crippen molar-refractivity contribution in [3.63, 3.8) is 0 Å². The number of ether oxygens (including phenoxy) is 2. The van der Waals surface area contributed by atoms with E-state index in [0.717, 1.165) is 78.1 Å². The van der Waals surface area contributed by atoms with Crippen molar-refractivity contribution in [1.29, 1.82) is 0 Å². The maximum Gasteiger partial charge on any atom is 0.494 e. The van der Waals surface area contributed by atoms with Crippen LogP contribution >= 0.6 is 15.9 Å². The number of rotatable bonds is 8. The van der Waals surface area contributed by atoms with E-state index in [1.54, 1.807) is 49.4 Å². The zero-order chi connectivity index (χ0) is 76.0. The van der Waals surface area contributed by atoms with Crippen molar-refractivity contribution in [2.45, 2.75) is 137 Å². The molecular formula is C74H77B3BrFN8O18. The molecule has 0 saturated carbocycles. The van der Waals surface area contributed by atoms with E-state index in [9.17, 15) is 24.6 Å². The minimum absolute atomic E-state index is 0.0433. The summed E-state index contributed by atoms with van der Waals surface area (Å²) < 4.78 is 86.5. The van der Waals surface area contributed by atoms with Gasteiger partial charge in [0.1, 0.15) is 62.1 Å². The highest BCUT2D eigenvalue weighted by molar-refractivity contribution is 9.10. The number of nitrogens with zero attached hydrogens (tertiary/aromatic N) is 7. The first kappa shape index (κ1) is 77.1. The van der Waals surface area contributed by atoms with Crippen LogP contribution in [0.2, 0.25) is 0 Å². The largest absolute Gasteiger partial charge is 0.508 e. The number of non-ortho nitro benzene ring substituents is 2. The Morgan fingerprint density at radius 2 is 0.781 bits per heavy atom. The third-order valence-corrected chi connectivity index (χ3v) is 18.7. The van der Waals surface area contributed by atoms with E-state index in [4.69, 9.17) is 70.3 Å². The van der Waals surface area contributed by atoms with E-state index in [1.165, 1.54) is 57.1 Å². The lowest BCUT2D eigenvalue weighted by Gasteiger charge is -2.32. The van der Waals surface area contributed by atoms with Crippen LogP contribution in [0.4, 0.5) is 21.5 Å². The number of anilines is 1. The number of benzene rings is 8. The van der Waals surface area contributed by atoms with Gasteiger partial charge in [0.2, 0.25) is 0 Å². The minimum Gasteiger partial charge on any atom is -0.508 e. The fraction of sp³-hybridized carbons (Fsp3) is 0.284. The lowest BCUT2D eigenvalue weighted by atomic mass is 9.49. The molecule has 0 unspecified atom stereocenters. The van der Waals surface area contributed by atoms with Gasteiger partial charge in [-0.3, -0.25) is 20.2 Å². The molecule has 0 atom stereocenters. The monoisotopic (exact) mass is 1500 g/mol. The number of aromatic hydroxyl groups is 1. The molecule has 0 bridgehead atoms. The smallest absolute Gasteiger partial charge is 0.494 e. The van der Waals surface area contributed by atoms with Crippen LogP contribution < -0.4 is 20.7 Å². The normalized spacial score (nSPS) is 16.1. The van der Waals surface area contributed by atoms with Gasteiger partial charge in [-0.05, 0) is 223 Å². The summed E-state index contributed by atoms with van der Waals surface area (Å²) in [5, 5.41) is 29.8. The number of phenols is 1. The Bertz CT molecular complexity index is 5060. The molecule has 0 spiro atoms. The summed E-state index contributed by atoms with van der Waals surface area (Å²) in [6.45, 7) is 29.6. The number of hydrogen-bond donors (Lipinski definition) is 2. The first-order valence-electron chi connectivity index (χ1n) is 32.9. The molecule has 3 aliphatic rings. The number of fused-ring (bicyclic) bond motifs is 5. The molecule has 26 nitrogen and oxygen atoms in total. The second-order valence-electron chi connectivity index (χ2n) is 27.5. The van der Waals surface area contributed by atoms with Crippen LogP contribution in [0.3, 0.4) is 0 Å². The van der Waals surface area contributed by atoms with E-state index in [-0.39, 0.29) is 57.8 Å². The third-order valence-electron chi connectivity index (χ3n) is 18.2. The zero-order valence-corrected chi connectivity index (χ0v) is 61.9. The van der Waals surface area contributed by atoms with Crippen molar-refractivity contribution in [2.24, 2.45) is 0 Å². The van der Waals surface area contributed by atoms with Gasteiger partial charge in [-0.2, -0.15) is 0 Å². The predicted octanol–water partition coefficient (Wildman–Crippen LogP) is 17.9. The van der Waals surface area contributed by atoms with Crippen molar-refractivity contribution in [3.8, 4) is 28.7 Å². The summed E-state index contributed by atoms with van der Waals surface area (Å²) in [5.74, 6) is 2.47. The molecule has 0 amide bonds. The molecule has 3 saturated heterocycles. The van der Waals surface area contributed by atoms with Gasteiger partial charge in [0.05, 0.1) is 43.5 Å². The van der Waals surface area contributed by atoms with Gasteiger partial charge in [0.25, 0.3) is 11.4 Å². The van der Waals surface area contributed by atoms with Gasteiger partial charge in [-0.1, -0.05) is 22.0 Å². The van der Waals surface area contributed by atoms with Crippen molar-refractivity contribution in [2.75, 3.05) is 5.73 Å². The quantitative estimate of drug-likeness (QED) is 0.0617. The summed E-state index contributed by atoms with van der Waals surface area (Å²) in [6.07, 6.45) is 7.02. The molecule has 3 fully saturated rings. The molecule has 105 heavy (non-hydrogen) atoms. The highest BCUT2D eigenvalue weighted by Gasteiger charge is 2.64. The first-order chi connectivity index (χ1) is 49.5. The highest BCUT2D eigenvalue weighted by Crippen LogP contribution is 2.44. The maximum atomic E-state index is 12.5. The van der Waals surface area contributed by atoms with Crippen LogP contribution in [-0.2, 0) is 27.9 Å². The average molecular weight is 1500 g/mol. The number of nitro benzene ring substituents is 2. The first-order valence-corrected chi connectivity index (χ1v) is 33.7.